The van der Waals surface area contributed by atoms with Gasteiger partial charge in [-0.25, -0.2) is 5.43 Å². The van der Waals surface area contributed by atoms with Gasteiger partial charge in [0.1, 0.15) is 5.75 Å². The number of hydrazone groups is 1. The lowest BCUT2D eigenvalue weighted by molar-refractivity contribution is 0.0952. The Kier molecular flexibility index (Phi) is 3.97. The van der Waals surface area contributed by atoms with Crippen molar-refractivity contribution < 1.29 is 9.90 Å². The summed E-state index contributed by atoms with van der Waals surface area (Å²) in [4.78, 5) is 11.8. The van der Waals surface area contributed by atoms with Crippen LogP contribution in [0.25, 0.3) is 0 Å². The van der Waals surface area contributed by atoms with E-state index in [2.05, 4.69) is 17.5 Å². The normalized spacial score (nSPS) is 21.8. The summed E-state index contributed by atoms with van der Waals surface area (Å²) < 4.78 is 0. The molecule has 1 atom stereocenters. The minimum atomic E-state index is -0.362. The Bertz CT molecular complexity index is 469. The molecule has 1 fully saturated rings. The predicted octanol–water partition coefficient (Wildman–Crippen LogP) is 2.69. The molecule has 1 saturated carbocycles. The van der Waals surface area contributed by atoms with Crippen LogP contribution < -0.4 is 5.43 Å². The fourth-order valence-corrected chi connectivity index (χ4v) is 2.22. The number of phenols is 1. The van der Waals surface area contributed by atoms with Crippen molar-refractivity contribution in [1.29, 1.82) is 0 Å². The van der Waals surface area contributed by atoms with Crippen LogP contribution >= 0.6 is 0 Å². The van der Waals surface area contributed by atoms with E-state index in [0.29, 0.717) is 5.92 Å². The SMILES string of the molecule is C[C@H]1CCC/C(=N\NC(=O)c2ccccc2O)C1. The van der Waals surface area contributed by atoms with Crippen LogP contribution in [0, 0.1) is 5.92 Å². The molecule has 1 aliphatic rings. The molecule has 4 heteroatoms. The van der Waals surface area contributed by atoms with Crippen LogP contribution in [-0.4, -0.2) is 16.7 Å². The third kappa shape index (κ3) is 3.09. The number of nitrogens with one attached hydrogen (secondary N) is 1. The summed E-state index contributed by atoms with van der Waals surface area (Å²) in [7, 11) is 0. The Morgan fingerprint density at radius 1 is 1.44 bits per heavy atom. The van der Waals surface area contributed by atoms with Crippen LogP contribution in [0.4, 0.5) is 0 Å². The minimum absolute atomic E-state index is 0.0211. The number of phenolic OH excluding ortho intramolecular Hbond substituents is 1. The number of benzene rings is 1. The summed E-state index contributed by atoms with van der Waals surface area (Å²) >= 11 is 0. The lowest BCUT2D eigenvalue weighted by Crippen LogP contribution is -2.22. The molecule has 1 aliphatic carbocycles. The molecule has 2 rings (SSSR count). The standard InChI is InChI=1S/C14H18N2O2/c1-10-5-4-6-11(9-10)15-16-14(18)12-7-2-3-8-13(12)17/h2-3,7-8,10,17H,4-6,9H2,1H3,(H,16,18)/b15-11+/t10-/m0/s1. The first-order valence-corrected chi connectivity index (χ1v) is 6.30. The maximum absolute atomic E-state index is 11.8. The molecular formula is C14H18N2O2. The Labute approximate surface area is 107 Å². The molecule has 2 N–H and O–H groups in total. The van der Waals surface area contributed by atoms with Gasteiger partial charge in [0.15, 0.2) is 0 Å². The molecule has 1 aromatic carbocycles. The molecule has 0 aromatic heterocycles. The first kappa shape index (κ1) is 12.6. The molecule has 0 unspecified atom stereocenters. The minimum Gasteiger partial charge on any atom is -0.507 e. The van der Waals surface area contributed by atoms with E-state index >= 15 is 0 Å². The Morgan fingerprint density at radius 2 is 2.22 bits per heavy atom. The van der Waals surface area contributed by atoms with E-state index in [-0.39, 0.29) is 17.2 Å². The molecule has 0 radical (unpaired) electrons. The van der Waals surface area contributed by atoms with E-state index in [9.17, 15) is 9.90 Å². The van der Waals surface area contributed by atoms with E-state index in [1.165, 1.54) is 12.5 Å². The summed E-state index contributed by atoms with van der Waals surface area (Å²) in [5.41, 5.74) is 3.81. The van der Waals surface area contributed by atoms with Crippen molar-refractivity contribution in [2.75, 3.05) is 0 Å². The van der Waals surface area contributed by atoms with Gasteiger partial charge in [-0.3, -0.25) is 4.79 Å². The predicted molar refractivity (Wildman–Crippen MR) is 70.6 cm³/mol. The molecule has 1 aromatic rings. The van der Waals surface area contributed by atoms with Gasteiger partial charge in [0.2, 0.25) is 0 Å². The van der Waals surface area contributed by atoms with Crippen LogP contribution in [-0.2, 0) is 0 Å². The van der Waals surface area contributed by atoms with E-state index in [1.54, 1.807) is 18.2 Å². The quantitative estimate of drug-likeness (QED) is 0.788. The maximum atomic E-state index is 11.8. The number of carbonyl (C=O) groups excluding carboxylic acids is 1. The van der Waals surface area contributed by atoms with Gasteiger partial charge in [-0.1, -0.05) is 19.1 Å². The molecule has 4 nitrogen and oxygen atoms in total. The van der Waals surface area contributed by atoms with Crippen molar-refractivity contribution in [2.24, 2.45) is 11.0 Å². The van der Waals surface area contributed by atoms with Gasteiger partial charge in [-0.2, -0.15) is 5.10 Å². The highest BCUT2D eigenvalue weighted by atomic mass is 16.3. The monoisotopic (exact) mass is 246 g/mol. The van der Waals surface area contributed by atoms with Gasteiger partial charge in [0.05, 0.1) is 5.56 Å². The number of aromatic hydroxyl groups is 1. The number of hydrogen-bond acceptors (Lipinski definition) is 3. The Hall–Kier alpha value is -1.84. The van der Waals surface area contributed by atoms with Gasteiger partial charge < -0.3 is 5.11 Å². The summed E-state index contributed by atoms with van der Waals surface area (Å²) in [5, 5.41) is 13.7. The van der Waals surface area contributed by atoms with E-state index < -0.39 is 0 Å². The molecule has 0 saturated heterocycles. The fraction of sp³-hybridized carbons (Fsp3) is 0.429. The van der Waals surface area contributed by atoms with Crippen LogP contribution in [0.3, 0.4) is 0 Å². The summed E-state index contributed by atoms with van der Waals surface area (Å²) in [6, 6.07) is 6.46. The van der Waals surface area contributed by atoms with E-state index in [0.717, 1.165) is 25.0 Å². The molecule has 96 valence electrons. The number of amides is 1. The van der Waals surface area contributed by atoms with Gasteiger partial charge in [-0.15, -0.1) is 0 Å². The first-order valence-electron chi connectivity index (χ1n) is 6.30. The highest BCUT2D eigenvalue weighted by Gasteiger charge is 2.15. The van der Waals surface area contributed by atoms with Crippen molar-refractivity contribution >= 4 is 11.6 Å². The summed E-state index contributed by atoms with van der Waals surface area (Å²) in [6.45, 7) is 2.19. The van der Waals surface area contributed by atoms with Gasteiger partial charge in [0.25, 0.3) is 5.91 Å². The second-order valence-corrected chi connectivity index (χ2v) is 4.84. The van der Waals surface area contributed by atoms with Crippen LogP contribution in [0.2, 0.25) is 0 Å². The second kappa shape index (κ2) is 5.67. The average molecular weight is 246 g/mol. The average Bonchev–Trinajstić information content (AvgIpc) is 2.37. The third-order valence-electron chi connectivity index (χ3n) is 3.21. The second-order valence-electron chi connectivity index (χ2n) is 4.84. The molecule has 0 heterocycles. The molecule has 0 aliphatic heterocycles. The van der Waals surface area contributed by atoms with Crippen molar-refractivity contribution in [2.45, 2.75) is 32.6 Å². The van der Waals surface area contributed by atoms with Gasteiger partial charge in [0, 0.05) is 5.71 Å². The van der Waals surface area contributed by atoms with E-state index in [4.69, 9.17) is 0 Å². The zero-order valence-electron chi connectivity index (χ0n) is 10.5. The first-order chi connectivity index (χ1) is 8.66. The highest BCUT2D eigenvalue weighted by Crippen LogP contribution is 2.21. The number of para-hydroxylation sites is 1. The molecule has 0 spiro atoms. The maximum Gasteiger partial charge on any atom is 0.275 e. The number of hydrogen-bond donors (Lipinski definition) is 2. The molecule has 1 amide bonds. The highest BCUT2D eigenvalue weighted by molar-refractivity contribution is 5.97. The lowest BCUT2D eigenvalue weighted by Gasteiger charge is -2.18. The van der Waals surface area contributed by atoms with Crippen molar-refractivity contribution in [3.63, 3.8) is 0 Å². The number of nitrogens with zero attached hydrogens (tertiary/aromatic N) is 1. The third-order valence-corrected chi connectivity index (χ3v) is 3.21. The van der Waals surface area contributed by atoms with Gasteiger partial charge in [-0.05, 0) is 43.7 Å². The zero-order chi connectivity index (χ0) is 13.0. The number of rotatable bonds is 2. The summed E-state index contributed by atoms with van der Waals surface area (Å²) in [5.74, 6) is 0.255. The van der Waals surface area contributed by atoms with E-state index in [1.807, 2.05) is 0 Å². The topological polar surface area (TPSA) is 61.7 Å². The van der Waals surface area contributed by atoms with Gasteiger partial charge >= 0.3 is 0 Å². The van der Waals surface area contributed by atoms with Crippen LogP contribution in [0.15, 0.2) is 29.4 Å². The van der Waals surface area contributed by atoms with Crippen molar-refractivity contribution in [1.82, 2.24) is 5.43 Å². The Morgan fingerprint density at radius 3 is 2.94 bits per heavy atom. The molecular weight excluding hydrogens is 228 g/mol. The van der Waals surface area contributed by atoms with Crippen molar-refractivity contribution in [3.05, 3.63) is 29.8 Å². The number of carbonyl (C=O) groups is 1. The zero-order valence-corrected chi connectivity index (χ0v) is 10.5. The van der Waals surface area contributed by atoms with Crippen LogP contribution in [0.5, 0.6) is 5.75 Å². The largest absolute Gasteiger partial charge is 0.507 e. The fourth-order valence-electron chi connectivity index (χ4n) is 2.22. The lowest BCUT2D eigenvalue weighted by atomic mass is 9.89. The summed E-state index contributed by atoms with van der Waals surface area (Å²) in [6.07, 6.45) is 4.26. The van der Waals surface area contributed by atoms with Crippen molar-refractivity contribution in [3.8, 4) is 5.75 Å². The molecule has 0 bridgehead atoms. The molecule has 18 heavy (non-hydrogen) atoms. The Balaban J connectivity index is 2.00. The van der Waals surface area contributed by atoms with Crippen LogP contribution in [0.1, 0.15) is 43.0 Å². The smallest absolute Gasteiger partial charge is 0.275 e.